The van der Waals surface area contributed by atoms with Gasteiger partial charge in [0.2, 0.25) is 0 Å². The number of aliphatic hydroxyl groups excluding tert-OH is 1. The van der Waals surface area contributed by atoms with Crippen molar-refractivity contribution in [1.29, 1.82) is 0 Å². The molecule has 1 aromatic carbocycles. The second-order valence-corrected chi connectivity index (χ2v) is 3.53. The SMILES string of the molecule is O[C@@H]1CC=CC[C@H]1c1ccccc1. The Labute approximate surface area is 78.7 Å². The van der Waals surface area contributed by atoms with Gasteiger partial charge < -0.3 is 5.11 Å². The van der Waals surface area contributed by atoms with E-state index in [-0.39, 0.29) is 6.10 Å². The fourth-order valence-electron chi connectivity index (χ4n) is 1.86. The number of hydrogen-bond donors (Lipinski definition) is 1. The molecule has 1 aromatic rings. The molecule has 0 bridgehead atoms. The molecule has 0 saturated heterocycles. The van der Waals surface area contributed by atoms with Crippen LogP contribution in [-0.4, -0.2) is 11.2 Å². The van der Waals surface area contributed by atoms with E-state index < -0.39 is 0 Å². The van der Waals surface area contributed by atoms with E-state index in [1.807, 2.05) is 18.2 Å². The van der Waals surface area contributed by atoms with Gasteiger partial charge in [-0.15, -0.1) is 0 Å². The van der Waals surface area contributed by atoms with Crippen LogP contribution in [0.15, 0.2) is 42.5 Å². The van der Waals surface area contributed by atoms with Gasteiger partial charge in [-0.25, -0.2) is 0 Å². The summed E-state index contributed by atoms with van der Waals surface area (Å²) in [5, 5.41) is 9.77. The smallest absolute Gasteiger partial charge is 0.0646 e. The van der Waals surface area contributed by atoms with Crippen molar-refractivity contribution in [3.05, 3.63) is 48.0 Å². The van der Waals surface area contributed by atoms with E-state index in [0.717, 1.165) is 12.8 Å². The Kier molecular flexibility index (Phi) is 2.46. The van der Waals surface area contributed by atoms with Crippen molar-refractivity contribution in [1.82, 2.24) is 0 Å². The molecule has 0 unspecified atom stereocenters. The first-order valence-electron chi connectivity index (χ1n) is 4.76. The van der Waals surface area contributed by atoms with Crippen molar-refractivity contribution >= 4 is 0 Å². The zero-order valence-electron chi connectivity index (χ0n) is 7.56. The molecule has 0 spiro atoms. The standard InChI is InChI=1S/C12H14O/c13-12-9-5-4-8-11(12)10-6-2-1-3-7-10/h1-7,11-13H,8-9H2/t11-,12+/m0/s1. The number of allylic oxidation sites excluding steroid dienone is 1. The Morgan fingerprint density at radius 1 is 1.00 bits per heavy atom. The lowest BCUT2D eigenvalue weighted by atomic mass is 9.85. The molecule has 1 aliphatic rings. The molecule has 0 radical (unpaired) electrons. The molecule has 68 valence electrons. The summed E-state index contributed by atoms with van der Waals surface area (Å²) >= 11 is 0. The van der Waals surface area contributed by atoms with Crippen LogP contribution >= 0.6 is 0 Å². The normalized spacial score (nSPS) is 27.5. The Morgan fingerprint density at radius 3 is 2.38 bits per heavy atom. The van der Waals surface area contributed by atoms with Crippen LogP contribution in [0, 0.1) is 0 Å². The predicted molar refractivity (Wildman–Crippen MR) is 53.6 cm³/mol. The van der Waals surface area contributed by atoms with Crippen molar-refractivity contribution in [3.8, 4) is 0 Å². The largest absolute Gasteiger partial charge is 0.392 e. The summed E-state index contributed by atoms with van der Waals surface area (Å²) in [6.45, 7) is 0. The van der Waals surface area contributed by atoms with Crippen molar-refractivity contribution in [2.24, 2.45) is 0 Å². The lowest BCUT2D eigenvalue weighted by Gasteiger charge is -2.24. The molecule has 0 saturated carbocycles. The lowest BCUT2D eigenvalue weighted by Crippen LogP contribution is -2.19. The van der Waals surface area contributed by atoms with Crippen LogP contribution < -0.4 is 0 Å². The summed E-state index contributed by atoms with van der Waals surface area (Å²) in [7, 11) is 0. The first-order valence-corrected chi connectivity index (χ1v) is 4.76. The lowest BCUT2D eigenvalue weighted by molar-refractivity contribution is 0.141. The van der Waals surface area contributed by atoms with E-state index in [9.17, 15) is 5.11 Å². The predicted octanol–water partition coefficient (Wildman–Crippen LogP) is 2.48. The molecule has 2 rings (SSSR count). The van der Waals surface area contributed by atoms with Crippen LogP contribution in [0.1, 0.15) is 24.3 Å². The summed E-state index contributed by atoms with van der Waals surface area (Å²) in [5.74, 6) is 0.297. The van der Waals surface area contributed by atoms with E-state index in [2.05, 4.69) is 24.3 Å². The molecule has 13 heavy (non-hydrogen) atoms. The maximum atomic E-state index is 9.77. The number of benzene rings is 1. The molecule has 1 aliphatic carbocycles. The van der Waals surface area contributed by atoms with Crippen LogP contribution in [-0.2, 0) is 0 Å². The molecule has 0 aromatic heterocycles. The summed E-state index contributed by atoms with van der Waals surface area (Å²) in [6.07, 6.45) is 5.77. The third kappa shape index (κ3) is 1.81. The fraction of sp³-hybridized carbons (Fsp3) is 0.333. The van der Waals surface area contributed by atoms with Gasteiger partial charge >= 0.3 is 0 Å². The zero-order chi connectivity index (χ0) is 9.10. The number of rotatable bonds is 1. The third-order valence-electron chi connectivity index (χ3n) is 2.63. The van der Waals surface area contributed by atoms with Gasteiger partial charge in [-0.05, 0) is 18.4 Å². The third-order valence-corrected chi connectivity index (χ3v) is 2.63. The molecule has 1 N–H and O–H groups in total. The molecule has 1 nitrogen and oxygen atoms in total. The van der Waals surface area contributed by atoms with Gasteiger partial charge in [0.05, 0.1) is 6.10 Å². The van der Waals surface area contributed by atoms with E-state index in [1.165, 1.54) is 5.56 Å². The van der Waals surface area contributed by atoms with Crippen LogP contribution in [0.3, 0.4) is 0 Å². The molecular weight excluding hydrogens is 160 g/mol. The quantitative estimate of drug-likeness (QED) is 0.648. The highest BCUT2D eigenvalue weighted by Gasteiger charge is 2.20. The summed E-state index contributed by atoms with van der Waals surface area (Å²) in [4.78, 5) is 0. The van der Waals surface area contributed by atoms with E-state index in [4.69, 9.17) is 0 Å². The van der Waals surface area contributed by atoms with Gasteiger partial charge in [-0.2, -0.15) is 0 Å². The van der Waals surface area contributed by atoms with Gasteiger partial charge in [-0.1, -0.05) is 42.5 Å². The zero-order valence-corrected chi connectivity index (χ0v) is 7.56. The highest BCUT2D eigenvalue weighted by atomic mass is 16.3. The monoisotopic (exact) mass is 174 g/mol. The first-order chi connectivity index (χ1) is 6.38. The average Bonchev–Trinajstić information content (AvgIpc) is 2.20. The Bertz CT molecular complexity index is 289. The van der Waals surface area contributed by atoms with Crippen LogP contribution in [0.25, 0.3) is 0 Å². The van der Waals surface area contributed by atoms with Crippen molar-refractivity contribution in [3.63, 3.8) is 0 Å². The minimum absolute atomic E-state index is 0.201. The highest BCUT2D eigenvalue weighted by molar-refractivity contribution is 5.23. The van der Waals surface area contributed by atoms with Crippen LogP contribution in [0.5, 0.6) is 0 Å². The second kappa shape index (κ2) is 3.75. The Morgan fingerprint density at radius 2 is 1.69 bits per heavy atom. The van der Waals surface area contributed by atoms with Gasteiger partial charge in [0, 0.05) is 5.92 Å². The molecule has 0 heterocycles. The molecule has 2 atom stereocenters. The average molecular weight is 174 g/mol. The van der Waals surface area contributed by atoms with Gasteiger partial charge in [0.25, 0.3) is 0 Å². The number of aliphatic hydroxyl groups is 1. The van der Waals surface area contributed by atoms with Crippen molar-refractivity contribution in [2.75, 3.05) is 0 Å². The molecule has 0 aliphatic heterocycles. The maximum absolute atomic E-state index is 9.77. The number of hydrogen-bond acceptors (Lipinski definition) is 1. The Balaban J connectivity index is 2.21. The van der Waals surface area contributed by atoms with Gasteiger partial charge in [0.1, 0.15) is 0 Å². The molecular formula is C12H14O. The second-order valence-electron chi connectivity index (χ2n) is 3.53. The van der Waals surface area contributed by atoms with E-state index in [0.29, 0.717) is 5.92 Å². The maximum Gasteiger partial charge on any atom is 0.0646 e. The van der Waals surface area contributed by atoms with Gasteiger partial charge in [-0.3, -0.25) is 0 Å². The summed E-state index contributed by atoms with van der Waals surface area (Å²) in [6, 6.07) is 10.2. The van der Waals surface area contributed by atoms with Gasteiger partial charge in [0.15, 0.2) is 0 Å². The minimum atomic E-state index is -0.201. The van der Waals surface area contributed by atoms with E-state index in [1.54, 1.807) is 0 Å². The Hall–Kier alpha value is -1.08. The van der Waals surface area contributed by atoms with Crippen molar-refractivity contribution < 1.29 is 5.11 Å². The molecule has 1 heteroatoms. The van der Waals surface area contributed by atoms with Crippen LogP contribution in [0.4, 0.5) is 0 Å². The molecule has 0 amide bonds. The van der Waals surface area contributed by atoms with E-state index >= 15 is 0 Å². The topological polar surface area (TPSA) is 20.2 Å². The fourth-order valence-corrected chi connectivity index (χ4v) is 1.86. The van der Waals surface area contributed by atoms with Crippen molar-refractivity contribution in [2.45, 2.75) is 24.9 Å². The highest BCUT2D eigenvalue weighted by Crippen LogP contribution is 2.28. The summed E-state index contributed by atoms with van der Waals surface area (Å²) < 4.78 is 0. The first kappa shape index (κ1) is 8.52. The minimum Gasteiger partial charge on any atom is -0.392 e. The summed E-state index contributed by atoms with van der Waals surface area (Å²) in [5.41, 5.74) is 1.25. The molecule has 0 fully saturated rings. The van der Waals surface area contributed by atoms with Crippen LogP contribution in [0.2, 0.25) is 0 Å².